The van der Waals surface area contributed by atoms with Gasteiger partial charge < -0.3 is 18.9 Å². The molecule has 0 N–H and O–H groups in total. The van der Waals surface area contributed by atoms with Crippen LogP contribution in [-0.2, 0) is 32.9 Å². The van der Waals surface area contributed by atoms with Crippen molar-refractivity contribution in [3.8, 4) is 28.4 Å². The second kappa shape index (κ2) is 18.9. The molecule has 57 heavy (non-hydrogen) atoms. The monoisotopic (exact) mass is 798 g/mol. The van der Waals surface area contributed by atoms with Crippen molar-refractivity contribution in [2.75, 3.05) is 13.2 Å². The summed E-state index contributed by atoms with van der Waals surface area (Å²) in [5.41, 5.74) is 5.59. The van der Waals surface area contributed by atoms with Crippen molar-refractivity contribution in [2.45, 2.75) is 66.3 Å². The van der Waals surface area contributed by atoms with Crippen molar-refractivity contribution in [3.05, 3.63) is 161 Å². The zero-order chi connectivity index (χ0) is 41.2. The molecular weight excluding hydrogens is 749 g/mol. The van der Waals surface area contributed by atoms with Gasteiger partial charge in [0, 0.05) is 5.41 Å². The Hall–Kier alpha value is -5.05. The third kappa shape index (κ3) is 11.7. The number of hydrogen-bond donors (Lipinski definition) is 0. The first-order chi connectivity index (χ1) is 27.1. The fraction of sp³-hybridized carbons (Fsp3) is 0.312. The number of rotatable bonds is 14. The molecule has 5 aromatic rings. The first-order valence-corrected chi connectivity index (χ1v) is 19.4. The van der Waals surface area contributed by atoms with Gasteiger partial charge in [-0.15, -0.1) is 0 Å². The van der Waals surface area contributed by atoms with E-state index in [0.29, 0.717) is 19.8 Å². The van der Waals surface area contributed by atoms with E-state index in [1.54, 1.807) is 13.8 Å². The number of benzene rings is 5. The number of alkyl halides is 3. The average molecular weight is 799 g/mol. The van der Waals surface area contributed by atoms with Gasteiger partial charge in [-0.2, -0.15) is 13.2 Å². The Morgan fingerprint density at radius 1 is 0.789 bits per heavy atom. The van der Waals surface area contributed by atoms with Gasteiger partial charge in [0.25, 0.3) is 0 Å². The lowest BCUT2D eigenvalue weighted by Crippen LogP contribution is -2.24. The molecule has 6 rings (SSSR count). The molecular formula is C48H50ClF3O5. The summed E-state index contributed by atoms with van der Waals surface area (Å²) in [4.78, 5) is 12.5. The SMILES string of the molecule is CCOc1ccc(C(C)(C)COCc2cccc(Oc3ccccc3)c2)cc1.Cc1c(COC(=O)C2C(/C=C(\Cl)C(F)(F)F)C2(C)C)cccc1-c1ccccc1. The highest BCUT2D eigenvalue weighted by Crippen LogP contribution is 2.60. The van der Waals surface area contributed by atoms with Crippen LogP contribution in [0.1, 0.15) is 56.9 Å². The van der Waals surface area contributed by atoms with Gasteiger partial charge in [-0.05, 0) is 95.0 Å². The van der Waals surface area contributed by atoms with Crippen LogP contribution in [0.3, 0.4) is 0 Å². The molecule has 0 radical (unpaired) electrons. The van der Waals surface area contributed by atoms with E-state index in [0.717, 1.165) is 51.1 Å². The van der Waals surface area contributed by atoms with Crippen molar-refractivity contribution in [2.24, 2.45) is 17.3 Å². The number of ether oxygens (including phenoxy) is 4. The maximum absolute atomic E-state index is 12.7. The fourth-order valence-corrected chi connectivity index (χ4v) is 6.84. The quantitative estimate of drug-likeness (QED) is 0.105. The molecule has 0 spiro atoms. The number of halogens is 4. The lowest BCUT2D eigenvalue weighted by molar-refractivity contribution is -0.147. The zero-order valence-electron chi connectivity index (χ0n) is 33.2. The lowest BCUT2D eigenvalue weighted by Gasteiger charge is -2.25. The Balaban J connectivity index is 0.000000218. The van der Waals surface area contributed by atoms with Gasteiger partial charge >= 0.3 is 12.1 Å². The number of hydrogen-bond acceptors (Lipinski definition) is 5. The van der Waals surface area contributed by atoms with Crippen molar-refractivity contribution in [1.29, 1.82) is 0 Å². The van der Waals surface area contributed by atoms with E-state index < -0.39 is 34.4 Å². The predicted octanol–water partition coefficient (Wildman–Crippen LogP) is 13.0. The molecule has 0 aliphatic heterocycles. The van der Waals surface area contributed by atoms with Gasteiger partial charge in [0.2, 0.25) is 0 Å². The van der Waals surface area contributed by atoms with Gasteiger partial charge in [0.05, 0.1) is 25.7 Å². The summed E-state index contributed by atoms with van der Waals surface area (Å²) in [6.07, 6.45) is -3.68. The molecule has 2 unspecified atom stereocenters. The molecule has 0 bridgehead atoms. The van der Waals surface area contributed by atoms with Crippen LogP contribution in [-0.4, -0.2) is 25.4 Å². The minimum atomic E-state index is -4.61. The zero-order valence-corrected chi connectivity index (χ0v) is 34.0. The van der Waals surface area contributed by atoms with Crippen LogP contribution in [0.15, 0.2) is 139 Å². The molecule has 300 valence electrons. The van der Waals surface area contributed by atoms with E-state index in [9.17, 15) is 18.0 Å². The minimum Gasteiger partial charge on any atom is -0.494 e. The third-order valence-corrected chi connectivity index (χ3v) is 10.6. The molecule has 0 saturated heterocycles. The first-order valence-electron chi connectivity index (χ1n) is 19.0. The van der Waals surface area contributed by atoms with Crippen LogP contribution in [0.5, 0.6) is 17.2 Å². The molecule has 5 aromatic carbocycles. The van der Waals surface area contributed by atoms with Gasteiger partial charge in [-0.3, -0.25) is 4.79 Å². The first kappa shape index (κ1) is 43.1. The normalized spacial score (nSPS) is 16.2. The maximum Gasteiger partial charge on any atom is 0.426 e. The molecule has 0 aromatic heterocycles. The molecule has 1 aliphatic rings. The van der Waals surface area contributed by atoms with E-state index >= 15 is 0 Å². The van der Waals surface area contributed by atoms with Crippen molar-refractivity contribution in [1.82, 2.24) is 0 Å². The second-order valence-corrected chi connectivity index (χ2v) is 15.7. The lowest BCUT2D eigenvalue weighted by atomic mass is 9.85. The number of para-hydroxylation sites is 1. The molecule has 1 aliphatic carbocycles. The Bertz CT molecular complexity index is 2090. The largest absolute Gasteiger partial charge is 0.494 e. The molecule has 0 heterocycles. The summed E-state index contributed by atoms with van der Waals surface area (Å²) in [5.74, 6) is 0.804. The highest BCUT2D eigenvalue weighted by molar-refractivity contribution is 6.30. The topological polar surface area (TPSA) is 54.0 Å². The van der Waals surface area contributed by atoms with Gasteiger partial charge in [-0.1, -0.05) is 136 Å². The van der Waals surface area contributed by atoms with Crippen LogP contribution in [0.4, 0.5) is 13.2 Å². The predicted molar refractivity (Wildman–Crippen MR) is 220 cm³/mol. The Kier molecular flexibility index (Phi) is 14.3. The highest BCUT2D eigenvalue weighted by atomic mass is 35.5. The van der Waals surface area contributed by atoms with Crippen LogP contribution < -0.4 is 9.47 Å². The Morgan fingerprint density at radius 3 is 2.07 bits per heavy atom. The minimum absolute atomic E-state index is 0.0708. The average Bonchev–Trinajstić information content (AvgIpc) is 3.73. The van der Waals surface area contributed by atoms with Crippen molar-refractivity contribution >= 4 is 17.6 Å². The van der Waals surface area contributed by atoms with Crippen molar-refractivity contribution < 1.29 is 36.9 Å². The molecule has 5 nitrogen and oxygen atoms in total. The maximum atomic E-state index is 12.7. The van der Waals surface area contributed by atoms with Gasteiger partial charge in [0.15, 0.2) is 0 Å². The molecule has 9 heteroatoms. The van der Waals surface area contributed by atoms with E-state index in [-0.39, 0.29) is 12.0 Å². The van der Waals surface area contributed by atoms with E-state index in [4.69, 9.17) is 30.5 Å². The standard InChI is InChI=1S/C25H28O3.C23H22ClF3O2/c1-4-27-22-15-13-21(14-16-22)25(2,3)19-26-18-20-9-8-12-24(17-20)28-23-10-6-5-7-11-23;1-14-16(10-7-11-17(14)15-8-5-4-6-9-15)13-29-21(28)20-18(22(20,2)3)12-19(24)23(25,26)27/h5-17H,4,18-19H2,1-3H3;4-12,18,20H,13H2,1-3H3/b;19-12-. The van der Waals surface area contributed by atoms with Crippen LogP contribution in [0.2, 0.25) is 0 Å². The van der Waals surface area contributed by atoms with E-state index in [1.807, 2.05) is 123 Å². The number of carbonyl (C=O) groups excluding carboxylic acids is 1. The van der Waals surface area contributed by atoms with Crippen molar-refractivity contribution in [3.63, 3.8) is 0 Å². The third-order valence-electron chi connectivity index (χ3n) is 10.2. The van der Waals surface area contributed by atoms with E-state index in [2.05, 4.69) is 32.0 Å². The van der Waals surface area contributed by atoms with Gasteiger partial charge in [0.1, 0.15) is 28.9 Å². The van der Waals surface area contributed by atoms with Crippen LogP contribution in [0.25, 0.3) is 11.1 Å². The molecule has 1 saturated carbocycles. The van der Waals surface area contributed by atoms with E-state index in [1.165, 1.54) is 5.56 Å². The summed E-state index contributed by atoms with van der Waals surface area (Å²) < 4.78 is 61.0. The number of carbonyl (C=O) groups is 1. The summed E-state index contributed by atoms with van der Waals surface area (Å²) in [6.45, 7) is 13.7. The van der Waals surface area contributed by atoms with Crippen LogP contribution >= 0.6 is 11.6 Å². The molecule has 1 fully saturated rings. The number of esters is 1. The Morgan fingerprint density at radius 2 is 1.42 bits per heavy atom. The number of allylic oxidation sites excluding steroid dienone is 2. The molecule has 0 amide bonds. The molecule has 2 atom stereocenters. The smallest absolute Gasteiger partial charge is 0.426 e. The highest BCUT2D eigenvalue weighted by Gasteiger charge is 2.62. The fourth-order valence-electron chi connectivity index (χ4n) is 6.70. The summed E-state index contributed by atoms with van der Waals surface area (Å²) in [7, 11) is 0. The van der Waals surface area contributed by atoms with Crippen LogP contribution in [0, 0.1) is 24.2 Å². The summed E-state index contributed by atoms with van der Waals surface area (Å²) >= 11 is 5.34. The second-order valence-electron chi connectivity index (χ2n) is 15.3. The Labute approximate surface area is 339 Å². The summed E-state index contributed by atoms with van der Waals surface area (Å²) in [6, 6.07) is 41.7. The summed E-state index contributed by atoms with van der Waals surface area (Å²) in [5, 5.41) is -1.20. The van der Waals surface area contributed by atoms with Gasteiger partial charge in [-0.25, -0.2) is 0 Å².